The fourth-order valence-corrected chi connectivity index (χ4v) is 2.04. The van der Waals surface area contributed by atoms with Crippen LogP contribution in [0.4, 0.5) is 0 Å². The summed E-state index contributed by atoms with van der Waals surface area (Å²) >= 11 is 5.81. The third-order valence-corrected chi connectivity index (χ3v) is 3.46. The van der Waals surface area contributed by atoms with Crippen LogP contribution in [0.25, 0.3) is 0 Å². The molecule has 0 aliphatic heterocycles. The van der Waals surface area contributed by atoms with E-state index in [0.717, 1.165) is 0 Å². The Hall–Kier alpha value is 0.430. The van der Waals surface area contributed by atoms with Crippen molar-refractivity contribution in [2.75, 3.05) is 0 Å². The standard InChI is InChI=1S/C8H8BrI/c1-5-3-6(2)8(10)4-7(5)9/h3-4H,1-2H3. The number of hydrogen-bond donors (Lipinski definition) is 0. The molecular weight excluding hydrogens is 303 g/mol. The summed E-state index contributed by atoms with van der Waals surface area (Å²) in [5.74, 6) is 0. The minimum atomic E-state index is 1.20. The van der Waals surface area contributed by atoms with Gasteiger partial charge in [-0.1, -0.05) is 22.0 Å². The van der Waals surface area contributed by atoms with E-state index in [9.17, 15) is 0 Å². The average molecular weight is 311 g/mol. The Morgan fingerprint density at radius 3 is 2.30 bits per heavy atom. The van der Waals surface area contributed by atoms with Crippen LogP contribution in [0.2, 0.25) is 0 Å². The molecule has 0 amide bonds. The highest BCUT2D eigenvalue weighted by molar-refractivity contribution is 14.1. The summed E-state index contributed by atoms with van der Waals surface area (Å²) in [6, 6.07) is 4.33. The van der Waals surface area contributed by atoms with Gasteiger partial charge in [0.15, 0.2) is 0 Å². The van der Waals surface area contributed by atoms with Crippen LogP contribution < -0.4 is 0 Å². The van der Waals surface area contributed by atoms with Crippen molar-refractivity contribution in [3.05, 3.63) is 31.3 Å². The van der Waals surface area contributed by atoms with Crippen LogP contribution in [-0.4, -0.2) is 0 Å². The van der Waals surface area contributed by atoms with Crippen LogP contribution in [0.3, 0.4) is 0 Å². The lowest BCUT2D eigenvalue weighted by Crippen LogP contribution is -1.82. The second-order valence-corrected chi connectivity index (χ2v) is 4.37. The lowest BCUT2D eigenvalue weighted by atomic mass is 10.2. The molecular formula is C8H8BrI. The summed E-state index contributed by atoms with van der Waals surface area (Å²) in [5.41, 5.74) is 2.65. The molecule has 0 bridgehead atoms. The normalized spacial score (nSPS) is 10.0. The third-order valence-electron chi connectivity index (χ3n) is 1.44. The Bertz CT molecular complexity index is 205. The van der Waals surface area contributed by atoms with Gasteiger partial charge in [-0.3, -0.25) is 0 Å². The van der Waals surface area contributed by atoms with Crippen molar-refractivity contribution in [2.45, 2.75) is 13.8 Å². The number of halogens is 2. The van der Waals surface area contributed by atoms with Crippen LogP contribution in [0.15, 0.2) is 16.6 Å². The summed E-state index contributed by atoms with van der Waals surface area (Å²) in [6.07, 6.45) is 0. The van der Waals surface area contributed by atoms with E-state index < -0.39 is 0 Å². The van der Waals surface area contributed by atoms with E-state index in [1.165, 1.54) is 19.2 Å². The van der Waals surface area contributed by atoms with E-state index in [0.29, 0.717) is 0 Å². The largest absolute Gasteiger partial charge is 0.0542 e. The van der Waals surface area contributed by atoms with E-state index in [2.05, 4.69) is 64.5 Å². The fourth-order valence-electron chi connectivity index (χ4n) is 0.802. The minimum absolute atomic E-state index is 1.20. The Balaban J connectivity index is 3.28. The van der Waals surface area contributed by atoms with Crippen LogP contribution in [-0.2, 0) is 0 Å². The second-order valence-electron chi connectivity index (χ2n) is 2.35. The highest BCUT2D eigenvalue weighted by Crippen LogP contribution is 2.21. The van der Waals surface area contributed by atoms with Crippen molar-refractivity contribution in [1.82, 2.24) is 0 Å². The molecule has 0 atom stereocenters. The maximum absolute atomic E-state index is 3.48. The Labute approximate surface area is 83.3 Å². The van der Waals surface area contributed by atoms with E-state index in [1.54, 1.807) is 0 Å². The van der Waals surface area contributed by atoms with E-state index in [1.807, 2.05) is 0 Å². The molecule has 1 aromatic rings. The Morgan fingerprint density at radius 2 is 1.80 bits per heavy atom. The first kappa shape index (κ1) is 8.53. The summed E-state index contributed by atoms with van der Waals surface area (Å²) in [5, 5.41) is 0. The van der Waals surface area contributed by atoms with Crippen LogP contribution in [0.1, 0.15) is 11.1 Å². The molecule has 10 heavy (non-hydrogen) atoms. The molecule has 1 aromatic carbocycles. The molecule has 54 valence electrons. The molecule has 0 N–H and O–H groups in total. The first-order valence-electron chi connectivity index (χ1n) is 3.03. The van der Waals surface area contributed by atoms with Gasteiger partial charge in [-0.2, -0.15) is 0 Å². The quantitative estimate of drug-likeness (QED) is 0.641. The topological polar surface area (TPSA) is 0 Å². The SMILES string of the molecule is Cc1cc(C)c(I)cc1Br. The van der Waals surface area contributed by atoms with Crippen LogP contribution >= 0.6 is 38.5 Å². The van der Waals surface area contributed by atoms with Gasteiger partial charge in [0.2, 0.25) is 0 Å². The van der Waals surface area contributed by atoms with Gasteiger partial charge >= 0.3 is 0 Å². The molecule has 0 aromatic heterocycles. The predicted octanol–water partition coefficient (Wildman–Crippen LogP) is 3.67. The monoisotopic (exact) mass is 310 g/mol. The average Bonchev–Trinajstić information content (AvgIpc) is 1.84. The van der Waals surface area contributed by atoms with Crippen molar-refractivity contribution >= 4 is 38.5 Å². The zero-order chi connectivity index (χ0) is 7.72. The Morgan fingerprint density at radius 1 is 1.20 bits per heavy atom. The third kappa shape index (κ3) is 1.72. The number of aryl methyl sites for hydroxylation is 2. The van der Waals surface area contributed by atoms with Crippen molar-refractivity contribution in [2.24, 2.45) is 0 Å². The van der Waals surface area contributed by atoms with Gasteiger partial charge in [-0.15, -0.1) is 0 Å². The summed E-state index contributed by atoms with van der Waals surface area (Å²) in [7, 11) is 0. The fraction of sp³-hybridized carbons (Fsp3) is 0.250. The second kappa shape index (κ2) is 3.22. The first-order chi connectivity index (χ1) is 4.61. The number of hydrogen-bond acceptors (Lipinski definition) is 0. The van der Waals surface area contributed by atoms with Crippen molar-refractivity contribution in [3.8, 4) is 0 Å². The van der Waals surface area contributed by atoms with Crippen LogP contribution in [0, 0.1) is 17.4 Å². The van der Waals surface area contributed by atoms with Crippen LogP contribution in [0.5, 0.6) is 0 Å². The number of benzene rings is 1. The minimum Gasteiger partial charge on any atom is -0.0542 e. The van der Waals surface area contributed by atoms with Crippen molar-refractivity contribution in [3.63, 3.8) is 0 Å². The molecule has 0 heterocycles. The maximum atomic E-state index is 3.48. The lowest BCUT2D eigenvalue weighted by molar-refractivity contribution is 1.33. The molecule has 0 aliphatic rings. The zero-order valence-corrected chi connectivity index (χ0v) is 9.65. The summed E-state index contributed by atoms with van der Waals surface area (Å²) in [6.45, 7) is 4.23. The Kier molecular flexibility index (Phi) is 2.74. The maximum Gasteiger partial charge on any atom is 0.0215 e. The van der Waals surface area contributed by atoms with Gasteiger partial charge in [0.1, 0.15) is 0 Å². The van der Waals surface area contributed by atoms with Gasteiger partial charge in [-0.25, -0.2) is 0 Å². The van der Waals surface area contributed by atoms with E-state index in [4.69, 9.17) is 0 Å². The number of rotatable bonds is 0. The molecule has 0 saturated carbocycles. The molecule has 2 heteroatoms. The van der Waals surface area contributed by atoms with Gasteiger partial charge < -0.3 is 0 Å². The highest BCUT2D eigenvalue weighted by Gasteiger charge is 1.97. The lowest BCUT2D eigenvalue weighted by Gasteiger charge is -2.01. The highest BCUT2D eigenvalue weighted by atomic mass is 127. The van der Waals surface area contributed by atoms with Crippen molar-refractivity contribution < 1.29 is 0 Å². The molecule has 0 nitrogen and oxygen atoms in total. The summed E-state index contributed by atoms with van der Waals surface area (Å²) < 4.78 is 2.51. The molecule has 0 radical (unpaired) electrons. The molecule has 0 unspecified atom stereocenters. The molecule has 0 spiro atoms. The molecule has 0 fully saturated rings. The summed E-state index contributed by atoms with van der Waals surface area (Å²) in [4.78, 5) is 0. The zero-order valence-electron chi connectivity index (χ0n) is 5.91. The van der Waals surface area contributed by atoms with Gasteiger partial charge in [0, 0.05) is 8.04 Å². The van der Waals surface area contributed by atoms with E-state index >= 15 is 0 Å². The van der Waals surface area contributed by atoms with E-state index in [-0.39, 0.29) is 0 Å². The van der Waals surface area contributed by atoms with Crippen molar-refractivity contribution in [1.29, 1.82) is 0 Å². The first-order valence-corrected chi connectivity index (χ1v) is 4.90. The molecule has 0 saturated heterocycles. The smallest absolute Gasteiger partial charge is 0.0215 e. The molecule has 0 aliphatic carbocycles. The van der Waals surface area contributed by atoms with Gasteiger partial charge in [-0.05, 0) is 53.6 Å². The molecule has 1 rings (SSSR count). The van der Waals surface area contributed by atoms with Gasteiger partial charge in [0.05, 0.1) is 0 Å². The van der Waals surface area contributed by atoms with Gasteiger partial charge in [0.25, 0.3) is 0 Å². The predicted molar refractivity (Wildman–Crippen MR) is 56.3 cm³/mol.